The molecule has 0 amide bonds. The molecule has 1 atom stereocenters. The SMILES string of the molecule is CCCC(C)Oc1cc(Br)c(F)cc1C(=O)O. The first-order valence-electron chi connectivity index (χ1n) is 5.34. The predicted molar refractivity (Wildman–Crippen MR) is 66.1 cm³/mol. The molecule has 0 fully saturated rings. The number of aromatic carboxylic acids is 1. The molecule has 0 saturated carbocycles. The lowest BCUT2D eigenvalue weighted by atomic mass is 10.2. The Balaban J connectivity index is 3.04. The van der Waals surface area contributed by atoms with E-state index in [0.717, 1.165) is 18.9 Å². The molecule has 1 N–H and O–H groups in total. The molecule has 1 rings (SSSR count). The molecule has 0 aliphatic carbocycles. The molecule has 1 aromatic carbocycles. The van der Waals surface area contributed by atoms with Gasteiger partial charge in [-0.2, -0.15) is 0 Å². The first-order valence-corrected chi connectivity index (χ1v) is 6.14. The van der Waals surface area contributed by atoms with E-state index in [2.05, 4.69) is 15.9 Å². The van der Waals surface area contributed by atoms with E-state index in [1.54, 1.807) is 0 Å². The third-order valence-corrected chi connectivity index (χ3v) is 2.88. The molecule has 0 aromatic heterocycles. The van der Waals surface area contributed by atoms with E-state index in [4.69, 9.17) is 9.84 Å². The Hall–Kier alpha value is -1.10. The predicted octanol–water partition coefficient (Wildman–Crippen LogP) is 3.85. The van der Waals surface area contributed by atoms with Crippen molar-refractivity contribution in [1.29, 1.82) is 0 Å². The number of ether oxygens (including phenoxy) is 1. The maximum atomic E-state index is 13.2. The Morgan fingerprint density at radius 1 is 1.59 bits per heavy atom. The van der Waals surface area contributed by atoms with Gasteiger partial charge < -0.3 is 9.84 Å². The third kappa shape index (κ3) is 3.70. The lowest BCUT2D eigenvalue weighted by molar-refractivity contribution is 0.0688. The Morgan fingerprint density at radius 3 is 2.76 bits per heavy atom. The highest BCUT2D eigenvalue weighted by Gasteiger charge is 2.17. The first-order chi connectivity index (χ1) is 7.95. The summed E-state index contributed by atoms with van der Waals surface area (Å²) in [4.78, 5) is 11.0. The minimum atomic E-state index is -1.20. The van der Waals surface area contributed by atoms with E-state index in [1.807, 2.05) is 13.8 Å². The van der Waals surface area contributed by atoms with Gasteiger partial charge in [0.25, 0.3) is 0 Å². The highest BCUT2D eigenvalue weighted by molar-refractivity contribution is 9.10. The van der Waals surface area contributed by atoms with Crippen molar-refractivity contribution < 1.29 is 19.0 Å². The van der Waals surface area contributed by atoms with Gasteiger partial charge in [-0.25, -0.2) is 9.18 Å². The number of carboxylic acids is 1. The van der Waals surface area contributed by atoms with Crippen LogP contribution in [0.5, 0.6) is 5.75 Å². The second-order valence-electron chi connectivity index (χ2n) is 3.78. The molecule has 5 heteroatoms. The standard InChI is InChI=1S/C12H14BrFO3/c1-3-4-7(2)17-11-6-9(13)10(14)5-8(11)12(15)16/h5-7H,3-4H2,1-2H3,(H,15,16). The number of benzene rings is 1. The van der Waals surface area contributed by atoms with Crippen molar-refractivity contribution in [3.05, 3.63) is 28.0 Å². The van der Waals surface area contributed by atoms with E-state index in [0.29, 0.717) is 0 Å². The summed E-state index contributed by atoms with van der Waals surface area (Å²) in [5.41, 5.74) is -0.159. The zero-order valence-corrected chi connectivity index (χ0v) is 11.3. The van der Waals surface area contributed by atoms with Gasteiger partial charge in [0, 0.05) is 0 Å². The third-order valence-electron chi connectivity index (χ3n) is 2.28. The van der Waals surface area contributed by atoms with Gasteiger partial charge in [-0.05, 0) is 41.4 Å². The van der Waals surface area contributed by atoms with Crippen LogP contribution >= 0.6 is 15.9 Å². The van der Waals surface area contributed by atoms with Gasteiger partial charge in [0.05, 0.1) is 10.6 Å². The van der Waals surface area contributed by atoms with Crippen LogP contribution in [0, 0.1) is 5.82 Å². The summed E-state index contributed by atoms with van der Waals surface area (Å²) in [6.45, 7) is 3.87. The molecule has 1 unspecified atom stereocenters. The van der Waals surface area contributed by atoms with Crippen molar-refractivity contribution in [1.82, 2.24) is 0 Å². The molecule has 0 saturated heterocycles. The summed E-state index contributed by atoms with van der Waals surface area (Å²) in [5.74, 6) is -1.63. The largest absolute Gasteiger partial charge is 0.490 e. The summed E-state index contributed by atoms with van der Waals surface area (Å²) >= 11 is 3.01. The van der Waals surface area contributed by atoms with Crippen LogP contribution in [0.4, 0.5) is 4.39 Å². The second-order valence-corrected chi connectivity index (χ2v) is 4.64. The molecule has 1 aromatic rings. The number of rotatable bonds is 5. The minimum Gasteiger partial charge on any atom is -0.490 e. The lowest BCUT2D eigenvalue weighted by Gasteiger charge is -2.16. The fraction of sp³-hybridized carbons (Fsp3) is 0.417. The molecule has 3 nitrogen and oxygen atoms in total. The van der Waals surface area contributed by atoms with Crippen LogP contribution in [0.2, 0.25) is 0 Å². The average molecular weight is 305 g/mol. The van der Waals surface area contributed by atoms with Crippen molar-refractivity contribution in [2.45, 2.75) is 32.8 Å². The first kappa shape index (κ1) is 14.0. The van der Waals surface area contributed by atoms with Crippen molar-refractivity contribution in [3.8, 4) is 5.75 Å². The molecule has 0 aliphatic rings. The number of carbonyl (C=O) groups is 1. The van der Waals surface area contributed by atoms with Gasteiger partial charge in [0.15, 0.2) is 0 Å². The van der Waals surface area contributed by atoms with E-state index in [-0.39, 0.29) is 21.9 Å². The number of hydrogen-bond acceptors (Lipinski definition) is 2. The molecule has 0 heterocycles. The van der Waals surface area contributed by atoms with E-state index in [9.17, 15) is 9.18 Å². The second kappa shape index (κ2) is 6.00. The van der Waals surface area contributed by atoms with Crippen molar-refractivity contribution in [2.24, 2.45) is 0 Å². The molecule has 0 spiro atoms. The summed E-state index contributed by atoms with van der Waals surface area (Å²) in [6.07, 6.45) is 1.65. The Bertz CT molecular complexity index is 420. The van der Waals surface area contributed by atoms with Crippen LogP contribution in [-0.4, -0.2) is 17.2 Å². The molecule has 0 aliphatic heterocycles. The Kier molecular flexibility index (Phi) is 4.93. The van der Waals surface area contributed by atoms with Crippen LogP contribution in [0.1, 0.15) is 37.0 Å². The van der Waals surface area contributed by atoms with Gasteiger partial charge in [-0.1, -0.05) is 13.3 Å². The summed E-state index contributed by atoms with van der Waals surface area (Å²) in [7, 11) is 0. The summed E-state index contributed by atoms with van der Waals surface area (Å²) in [5, 5.41) is 8.96. The number of hydrogen-bond donors (Lipinski definition) is 1. The molecular weight excluding hydrogens is 291 g/mol. The van der Waals surface area contributed by atoms with Crippen molar-refractivity contribution in [3.63, 3.8) is 0 Å². The van der Waals surface area contributed by atoms with Gasteiger partial charge >= 0.3 is 5.97 Å². The van der Waals surface area contributed by atoms with Gasteiger partial charge in [-0.15, -0.1) is 0 Å². The lowest BCUT2D eigenvalue weighted by Crippen LogP contribution is -2.14. The molecule has 0 radical (unpaired) electrons. The van der Waals surface area contributed by atoms with Crippen LogP contribution in [0.25, 0.3) is 0 Å². The van der Waals surface area contributed by atoms with Crippen molar-refractivity contribution >= 4 is 21.9 Å². The molecule has 94 valence electrons. The minimum absolute atomic E-state index is 0.101. The maximum absolute atomic E-state index is 13.2. The zero-order chi connectivity index (χ0) is 13.0. The molecule has 17 heavy (non-hydrogen) atoms. The highest BCUT2D eigenvalue weighted by Crippen LogP contribution is 2.28. The summed E-state index contributed by atoms with van der Waals surface area (Å²) < 4.78 is 18.9. The number of carboxylic acid groups (broad SMARTS) is 1. The number of halogens is 2. The molecular formula is C12H14BrFO3. The van der Waals surface area contributed by atoms with Crippen LogP contribution < -0.4 is 4.74 Å². The van der Waals surface area contributed by atoms with Crippen LogP contribution in [0.15, 0.2) is 16.6 Å². The fourth-order valence-corrected chi connectivity index (χ4v) is 1.80. The van der Waals surface area contributed by atoms with Gasteiger partial charge in [-0.3, -0.25) is 0 Å². The normalized spacial score (nSPS) is 12.2. The van der Waals surface area contributed by atoms with Gasteiger partial charge in [0.1, 0.15) is 17.1 Å². The van der Waals surface area contributed by atoms with Crippen LogP contribution in [-0.2, 0) is 0 Å². The quantitative estimate of drug-likeness (QED) is 0.898. The smallest absolute Gasteiger partial charge is 0.339 e. The van der Waals surface area contributed by atoms with E-state index < -0.39 is 11.8 Å². The van der Waals surface area contributed by atoms with Crippen LogP contribution in [0.3, 0.4) is 0 Å². The maximum Gasteiger partial charge on any atom is 0.339 e. The van der Waals surface area contributed by atoms with Gasteiger partial charge in [0.2, 0.25) is 0 Å². The topological polar surface area (TPSA) is 46.5 Å². The Morgan fingerprint density at radius 2 is 2.24 bits per heavy atom. The monoisotopic (exact) mass is 304 g/mol. The zero-order valence-electron chi connectivity index (χ0n) is 9.67. The summed E-state index contributed by atoms with van der Waals surface area (Å²) in [6, 6.07) is 2.31. The van der Waals surface area contributed by atoms with Crippen molar-refractivity contribution in [2.75, 3.05) is 0 Å². The fourth-order valence-electron chi connectivity index (χ4n) is 1.48. The average Bonchev–Trinajstić information content (AvgIpc) is 2.23. The van der Waals surface area contributed by atoms with E-state index in [1.165, 1.54) is 6.07 Å². The highest BCUT2D eigenvalue weighted by atomic mass is 79.9. The molecule has 0 bridgehead atoms. The van der Waals surface area contributed by atoms with E-state index >= 15 is 0 Å². The Labute approximate surface area is 108 Å².